The van der Waals surface area contributed by atoms with Gasteiger partial charge in [0.25, 0.3) is 0 Å². The number of para-hydroxylation sites is 1. The zero-order valence-electron chi connectivity index (χ0n) is 13.1. The lowest BCUT2D eigenvalue weighted by Crippen LogP contribution is -2.32. The van der Waals surface area contributed by atoms with Crippen LogP contribution in [0, 0.1) is 5.92 Å². The Hall–Kier alpha value is -1.35. The smallest absolute Gasteiger partial charge is 0.225 e. The molecule has 1 fully saturated rings. The van der Waals surface area contributed by atoms with Gasteiger partial charge in [-0.15, -0.1) is 0 Å². The third kappa shape index (κ3) is 6.30. The Morgan fingerprint density at radius 1 is 1.19 bits per heavy atom. The van der Waals surface area contributed by atoms with E-state index >= 15 is 0 Å². The van der Waals surface area contributed by atoms with Gasteiger partial charge in [-0.25, -0.2) is 0 Å². The van der Waals surface area contributed by atoms with Gasteiger partial charge in [0.15, 0.2) is 0 Å². The molecular formula is C18H28N2O. The molecule has 0 heterocycles. The van der Waals surface area contributed by atoms with E-state index in [1.54, 1.807) is 0 Å². The summed E-state index contributed by atoms with van der Waals surface area (Å²) in [6.45, 7) is 3.12. The van der Waals surface area contributed by atoms with Crippen molar-refractivity contribution in [2.45, 2.75) is 57.9 Å². The summed E-state index contributed by atoms with van der Waals surface area (Å²) < 4.78 is 0. The number of nitrogens with one attached hydrogen (secondary N) is 2. The van der Waals surface area contributed by atoms with E-state index in [1.807, 2.05) is 30.3 Å². The summed E-state index contributed by atoms with van der Waals surface area (Å²) in [5.74, 6) is 0.982. The number of carbonyl (C=O) groups excluding carboxylic acids is 1. The van der Waals surface area contributed by atoms with Gasteiger partial charge in [-0.1, -0.05) is 50.3 Å². The van der Waals surface area contributed by atoms with Crippen molar-refractivity contribution in [3.8, 4) is 0 Å². The molecule has 116 valence electrons. The second-order valence-corrected chi connectivity index (χ2v) is 6.27. The fourth-order valence-corrected chi connectivity index (χ4v) is 3.09. The van der Waals surface area contributed by atoms with Crippen LogP contribution in [0.2, 0.25) is 0 Å². The summed E-state index contributed by atoms with van der Waals surface area (Å²) in [4.78, 5) is 11.9. The van der Waals surface area contributed by atoms with E-state index in [1.165, 1.54) is 38.5 Å². The molecule has 1 saturated carbocycles. The van der Waals surface area contributed by atoms with Gasteiger partial charge >= 0.3 is 0 Å². The lowest BCUT2D eigenvalue weighted by Gasteiger charge is -2.22. The molecule has 21 heavy (non-hydrogen) atoms. The minimum Gasteiger partial charge on any atom is -0.326 e. The normalized spacial score (nSPS) is 17.4. The van der Waals surface area contributed by atoms with Crippen molar-refractivity contribution in [1.82, 2.24) is 5.32 Å². The van der Waals surface area contributed by atoms with Crippen molar-refractivity contribution < 1.29 is 4.79 Å². The van der Waals surface area contributed by atoms with Crippen LogP contribution in [0.3, 0.4) is 0 Å². The number of hydrogen-bond donors (Lipinski definition) is 2. The highest BCUT2D eigenvalue weighted by Gasteiger charge is 2.14. The van der Waals surface area contributed by atoms with Crippen molar-refractivity contribution in [2.75, 3.05) is 11.9 Å². The highest BCUT2D eigenvalue weighted by atomic mass is 16.1. The zero-order valence-corrected chi connectivity index (χ0v) is 13.1. The summed E-state index contributed by atoms with van der Waals surface area (Å²) in [5, 5.41) is 6.42. The minimum atomic E-state index is 0.0823. The number of benzene rings is 1. The summed E-state index contributed by atoms with van der Waals surface area (Å²) in [6, 6.07) is 9.88. The van der Waals surface area contributed by atoms with Crippen LogP contribution >= 0.6 is 0 Å². The Balaban J connectivity index is 1.60. The molecule has 2 N–H and O–H groups in total. The molecule has 3 nitrogen and oxygen atoms in total. The second kappa shape index (κ2) is 8.83. The fraction of sp³-hybridized carbons (Fsp3) is 0.611. The van der Waals surface area contributed by atoms with Crippen molar-refractivity contribution in [1.29, 1.82) is 0 Å². The van der Waals surface area contributed by atoms with Gasteiger partial charge in [-0.05, 0) is 37.9 Å². The molecule has 1 amide bonds. The van der Waals surface area contributed by atoms with Gasteiger partial charge in [0.05, 0.1) is 0 Å². The number of rotatable bonds is 7. The number of carbonyl (C=O) groups is 1. The van der Waals surface area contributed by atoms with E-state index in [-0.39, 0.29) is 11.9 Å². The SMILES string of the molecule is CC(CC(=O)Nc1ccccc1)NCCC1CCCCC1. The Kier molecular flexibility index (Phi) is 6.74. The first-order chi connectivity index (χ1) is 10.2. The van der Waals surface area contributed by atoms with Crippen LogP contribution in [0.15, 0.2) is 30.3 Å². The van der Waals surface area contributed by atoms with E-state index in [4.69, 9.17) is 0 Å². The summed E-state index contributed by atoms with van der Waals surface area (Å²) in [6.07, 6.45) is 8.79. The molecule has 0 radical (unpaired) electrons. The molecule has 0 aliphatic heterocycles. The topological polar surface area (TPSA) is 41.1 Å². The lowest BCUT2D eigenvalue weighted by molar-refractivity contribution is -0.116. The van der Waals surface area contributed by atoms with Crippen molar-refractivity contribution in [3.63, 3.8) is 0 Å². The Bertz CT molecular complexity index is 412. The largest absolute Gasteiger partial charge is 0.326 e. The number of hydrogen-bond acceptors (Lipinski definition) is 2. The zero-order chi connectivity index (χ0) is 14.9. The highest BCUT2D eigenvalue weighted by Crippen LogP contribution is 2.25. The summed E-state index contributed by atoms with van der Waals surface area (Å²) in [5.41, 5.74) is 0.872. The van der Waals surface area contributed by atoms with Gasteiger partial charge in [0.2, 0.25) is 5.91 Å². The molecule has 3 heteroatoms. The van der Waals surface area contributed by atoms with Gasteiger partial charge in [0, 0.05) is 18.2 Å². The Labute approximate surface area is 128 Å². The molecule has 0 spiro atoms. The van der Waals surface area contributed by atoms with E-state index in [2.05, 4.69) is 17.6 Å². The Morgan fingerprint density at radius 2 is 1.90 bits per heavy atom. The monoisotopic (exact) mass is 288 g/mol. The highest BCUT2D eigenvalue weighted by molar-refractivity contribution is 5.90. The van der Waals surface area contributed by atoms with Crippen LogP contribution in [0.1, 0.15) is 51.9 Å². The van der Waals surface area contributed by atoms with E-state index in [9.17, 15) is 4.79 Å². The molecule has 1 aliphatic rings. The van der Waals surface area contributed by atoms with E-state index in [0.29, 0.717) is 6.42 Å². The van der Waals surface area contributed by atoms with Gasteiger partial charge in [0.1, 0.15) is 0 Å². The number of anilines is 1. The van der Waals surface area contributed by atoms with Gasteiger partial charge < -0.3 is 10.6 Å². The van der Waals surface area contributed by atoms with Gasteiger partial charge in [-0.3, -0.25) is 4.79 Å². The predicted molar refractivity (Wildman–Crippen MR) is 88.3 cm³/mol. The molecule has 0 saturated heterocycles. The van der Waals surface area contributed by atoms with Crippen LogP contribution < -0.4 is 10.6 Å². The molecule has 1 aromatic carbocycles. The first kappa shape index (κ1) is 16.0. The quantitative estimate of drug-likeness (QED) is 0.797. The summed E-state index contributed by atoms with van der Waals surface area (Å²) in [7, 11) is 0. The first-order valence-corrected chi connectivity index (χ1v) is 8.32. The van der Waals surface area contributed by atoms with Crippen LogP contribution in [0.4, 0.5) is 5.69 Å². The van der Waals surface area contributed by atoms with Crippen molar-refractivity contribution in [2.24, 2.45) is 5.92 Å². The second-order valence-electron chi connectivity index (χ2n) is 6.27. The average molecular weight is 288 g/mol. The summed E-state index contributed by atoms with van der Waals surface area (Å²) >= 11 is 0. The Morgan fingerprint density at radius 3 is 2.62 bits per heavy atom. The molecule has 1 unspecified atom stereocenters. The molecular weight excluding hydrogens is 260 g/mol. The maximum Gasteiger partial charge on any atom is 0.225 e. The fourth-order valence-electron chi connectivity index (χ4n) is 3.09. The molecule has 0 aromatic heterocycles. The van der Waals surface area contributed by atoms with E-state index < -0.39 is 0 Å². The predicted octanol–water partition coefficient (Wildman–Crippen LogP) is 3.96. The molecule has 1 atom stereocenters. The van der Waals surface area contributed by atoms with Crippen LogP contribution in [-0.4, -0.2) is 18.5 Å². The third-order valence-corrected chi connectivity index (χ3v) is 4.32. The molecule has 0 bridgehead atoms. The third-order valence-electron chi connectivity index (χ3n) is 4.32. The molecule has 1 aliphatic carbocycles. The van der Waals surface area contributed by atoms with Crippen LogP contribution in [0.25, 0.3) is 0 Å². The van der Waals surface area contributed by atoms with E-state index in [0.717, 1.165) is 18.2 Å². The average Bonchev–Trinajstić information content (AvgIpc) is 2.49. The number of amides is 1. The standard InChI is InChI=1S/C18H28N2O/c1-15(19-13-12-16-8-4-2-5-9-16)14-18(21)20-17-10-6-3-7-11-17/h3,6-7,10-11,15-16,19H,2,4-5,8-9,12-14H2,1H3,(H,20,21). The maximum atomic E-state index is 11.9. The molecule has 2 rings (SSSR count). The first-order valence-electron chi connectivity index (χ1n) is 8.32. The minimum absolute atomic E-state index is 0.0823. The van der Waals surface area contributed by atoms with Crippen molar-refractivity contribution >= 4 is 11.6 Å². The van der Waals surface area contributed by atoms with Crippen LogP contribution in [-0.2, 0) is 4.79 Å². The van der Waals surface area contributed by atoms with Crippen molar-refractivity contribution in [3.05, 3.63) is 30.3 Å². The van der Waals surface area contributed by atoms with Crippen LogP contribution in [0.5, 0.6) is 0 Å². The van der Waals surface area contributed by atoms with Gasteiger partial charge in [-0.2, -0.15) is 0 Å². The maximum absolute atomic E-state index is 11.9. The lowest BCUT2D eigenvalue weighted by atomic mass is 9.87. The molecule has 1 aromatic rings.